The van der Waals surface area contributed by atoms with Gasteiger partial charge in [-0.2, -0.15) is 5.10 Å². The summed E-state index contributed by atoms with van der Waals surface area (Å²) in [6.45, 7) is 2.30. The molecule has 96 valence electrons. The molecule has 18 heavy (non-hydrogen) atoms. The summed E-state index contributed by atoms with van der Waals surface area (Å²) < 4.78 is 21.0. The van der Waals surface area contributed by atoms with Crippen molar-refractivity contribution in [3.63, 3.8) is 0 Å². The molecule has 1 aliphatic heterocycles. The summed E-state index contributed by atoms with van der Waals surface area (Å²) in [5, 5.41) is 5.46. The van der Waals surface area contributed by atoms with Crippen LogP contribution in [0, 0.1) is 5.82 Å². The summed E-state index contributed by atoms with van der Waals surface area (Å²) in [6.07, 6.45) is 0.0409. The number of nitrogens with one attached hydrogen (secondary N) is 1. The number of aromatic nitrogens is 2. The first-order chi connectivity index (χ1) is 8.65. The van der Waals surface area contributed by atoms with Gasteiger partial charge in [-0.25, -0.2) is 4.39 Å². The summed E-state index contributed by atoms with van der Waals surface area (Å²) in [5.41, 5.74) is 1.80. The second kappa shape index (κ2) is 4.33. The molecule has 0 fully saturated rings. The quantitative estimate of drug-likeness (QED) is 0.836. The molecule has 1 N–H and O–H groups in total. The average Bonchev–Trinajstić information content (AvgIpc) is 2.66. The van der Waals surface area contributed by atoms with Crippen LogP contribution in [0.5, 0.6) is 0 Å². The molecule has 5 heteroatoms. The highest BCUT2D eigenvalue weighted by molar-refractivity contribution is 5.82. The van der Waals surface area contributed by atoms with Crippen LogP contribution in [-0.4, -0.2) is 37.0 Å². The van der Waals surface area contributed by atoms with Gasteiger partial charge in [-0.05, 0) is 12.1 Å². The lowest BCUT2D eigenvalue weighted by Crippen LogP contribution is -3.06. The molecule has 1 aliphatic rings. The van der Waals surface area contributed by atoms with E-state index in [0.717, 1.165) is 24.2 Å². The predicted molar refractivity (Wildman–Crippen MR) is 66.1 cm³/mol. The van der Waals surface area contributed by atoms with Crippen LogP contribution in [0.25, 0.3) is 10.9 Å². The molecule has 2 aromatic rings. The van der Waals surface area contributed by atoms with E-state index in [4.69, 9.17) is 4.74 Å². The second-order valence-corrected chi connectivity index (χ2v) is 5.04. The van der Waals surface area contributed by atoms with E-state index in [-0.39, 0.29) is 11.9 Å². The second-order valence-electron chi connectivity index (χ2n) is 5.04. The highest BCUT2D eigenvalue weighted by atomic mass is 19.1. The van der Waals surface area contributed by atoms with Crippen LogP contribution in [0.4, 0.5) is 4.39 Å². The van der Waals surface area contributed by atoms with Gasteiger partial charge >= 0.3 is 0 Å². The van der Waals surface area contributed by atoms with E-state index in [2.05, 4.69) is 19.2 Å². The fourth-order valence-corrected chi connectivity index (χ4v) is 2.52. The molecular weight excluding hydrogens is 233 g/mol. The molecule has 4 nitrogen and oxygen atoms in total. The van der Waals surface area contributed by atoms with Crippen molar-refractivity contribution in [2.75, 3.05) is 27.2 Å². The van der Waals surface area contributed by atoms with Crippen molar-refractivity contribution in [2.45, 2.75) is 12.6 Å². The van der Waals surface area contributed by atoms with Crippen LogP contribution in [0.15, 0.2) is 18.2 Å². The molecule has 1 aromatic carbocycles. The molecule has 0 saturated heterocycles. The standard InChI is InChI=1S/C13H16FN3O/c1-16(2)8-12-13-10-4-3-9(14)7-11(10)15-17(13)5-6-18-12/h3-4,7,12H,5-6,8H2,1-2H3/p+1. The van der Waals surface area contributed by atoms with Crippen molar-refractivity contribution >= 4 is 10.9 Å². The van der Waals surface area contributed by atoms with E-state index in [1.807, 2.05) is 4.68 Å². The lowest BCUT2D eigenvalue weighted by Gasteiger charge is -2.25. The highest BCUT2D eigenvalue weighted by Crippen LogP contribution is 2.29. The lowest BCUT2D eigenvalue weighted by atomic mass is 10.1. The molecule has 0 aliphatic carbocycles. The average molecular weight is 250 g/mol. The summed E-state index contributed by atoms with van der Waals surface area (Å²) in [7, 11) is 4.20. The first-order valence-electron chi connectivity index (χ1n) is 6.22. The van der Waals surface area contributed by atoms with Crippen molar-refractivity contribution < 1.29 is 14.0 Å². The minimum absolute atomic E-state index is 0.0409. The Hall–Kier alpha value is -1.46. The summed E-state index contributed by atoms with van der Waals surface area (Å²) >= 11 is 0. The maximum absolute atomic E-state index is 13.2. The van der Waals surface area contributed by atoms with Crippen LogP contribution in [0.1, 0.15) is 11.8 Å². The Labute approximate surface area is 105 Å². The van der Waals surface area contributed by atoms with Crippen molar-refractivity contribution in [3.05, 3.63) is 29.7 Å². The molecule has 1 aromatic heterocycles. The molecule has 0 radical (unpaired) electrons. The molecule has 1 unspecified atom stereocenters. The van der Waals surface area contributed by atoms with E-state index in [1.165, 1.54) is 17.0 Å². The zero-order valence-corrected chi connectivity index (χ0v) is 10.6. The van der Waals surface area contributed by atoms with Crippen molar-refractivity contribution in [3.8, 4) is 0 Å². The number of hydrogen-bond donors (Lipinski definition) is 1. The van der Waals surface area contributed by atoms with Gasteiger partial charge in [0.25, 0.3) is 0 Å². The highest BCUT2D eigenvalue weighted by Gasteiger charge is 2.27. The van der Waals surface area contributed by atoms with Crippen LogP contribution >= 0.6 is 0 Å². The number of ether oxygens (including phenoxy) is 1. The lowest BCUT2D eigenvalue weighted by molar-refractivity contribution is -0.862. The van der Waals surface area contributed by atoms with E-state index in [9.17, 15) is 4.39 Å². The molecule has 0 spiro atoms. The Kier molecular flexibility index (Phi) is 2.80. The van der Waals surface area contributed by atoms with Gasteiger partial charge in [0.2, 0.25) is 0 Å². The number of benzene rings is 1. The maximum Gasteiger partial charge on any atom is 0.148 e. The normalized spacial score (nSPS) is 19.4. The fourth-order valence-electron chi connectivity index (χ4n) is 2.52. The Morgan fingerprint density at radius 2 is 2.33 bits per heavy atom. The number of hydrogen-bond acceptors (Lipinski definition) is 2. The minimum Gasteiger partial charge on any atom is -0.364 e. The molecule has 3 rings (SSSR count). The number of nitrogens with zero attached hydrogens (tertiary/aromatic N) is 2. The topological polar surface area (TPSA) is 31.5 Å². The zero-order chi connectivity index (χ0) is 12.7. The van der Waals surface area contributed by atoms with Gasteiger partial charge in [-0.1, -0.05) is 0 Å². The van der Waals surface area contributed by atoms with Gasteiger partial charge in [0.1, 0.15) is 18.5 Å². The molecule has 0 amide bonds. The Balaban J connectivity index is 2.12. The molecule has 1 atom stereocenters. The Morgan fingerprint density at radius 1 is 1.50 bits per heavy atom. The monoisotopic (exact) mass is 250 g/mol. The van der Waals surface area contributed by atoms with Gasteiger partial charge in [-0.15, -0.1) is 0 Å². The molecule has 2 heterocycles. The first-order valence-corrected chi connectivity index (χ1v) is 6.22. The van der Waals surface area contributed by atoms with Gasteiger partial charge in [-0.3, -0.25) is 4.68 Å². The first kappa shape index (κ1) is 11.6. The zero-order valence-electron chi connectivity index (χ0n) is 10.6. The van der Waals surface area contributed by atoms with Crippen molar-refractivity contribution in [2.24, 2.45) is 0 Å². The van der Waals surface area contributed by atoms with E-state index < -0.39 is 0 Å². The third-order valence-electron chi connectivity index (χ3n) is 3.26. The van der Waals surface area contributed by atoms with Crippen LogP contribution in [-0.2, 0) is 11.3 Å². The van der Waals surface area contributed by atoms with Crippen molar-refractivity contribution in [1.29, 1.82) is 0 Å². The van der Waals surface area contributed by atoms with Gasteiger partial charge < -0.3 is 9.64 Å². The van der Waals surface area contributed by atoms with Gasteiger partial charge in [0.05, 0.1) is 38.5 Å². The Bertz CT molecular complexity index is 579. The third kappa shape index (κ3) is 1.89. The Morgan fingerprint density at radius 3 is 3.11 bits per heavy atom. The van der Waals surface area contributed by atoms with E-state index in [0.29, 0.717) is 12.1 Å². The number of quaternary nitrogens is 1. The SMILES string of the molecule is C[NH+](C)CC1OCCn2nc3cc(F)ccc3c21. The van der Waals surface area contributed by atoms with Crippen LogP contribution in [0.3, 0.4) is 0 Å². The van der Waals surface area contributed by atoms with Crippen LogP contribution in [0.2, 0.25) is 0 Å². The fraction of sp³-hybridized carbons (Fsp3) is 0.462. The summed E-state index contributed by atoms with van der Waals surface area (Å²) in [5.74, 6) is -0.242. The number of rotatable bonds is 2. The summed E-state index contributed by atoms with van der Waals surface area (Å²) in [6, 6.07) is 4.77. The number of likely N-dealkylation sites (N-methyl/N-ethyl adjacent to an activating group) is 1. The van der Waals surface area contributed by atoms with Crippen molar-refractivity contribution in [1.82, 2.24) is 9.78 Å². The molecule has 0 saturated carbocycles. The van der Waals surface area contributed by atoms with E-state index in [1.54, 1.807) is 6.07 Å². The molecular formula is C13H17FN3O+. The largest absolute Gasteiger partial charge is 0.364 e. The van der Waals surface area contributed by atoms with Gasteiger partial charge in [0.15, 0.2) is 0 Å². The maximum atomic E-state index is 13.2. The third-order valence-corrected chi connectivity index (χ3v) is 3.26. The predicted octanol–water partition coefficient (Wildman–Crippen LogP) is 0.391. The minimum atomic E-state index is -0.242. The van der Waals surface area contributed by atoms with E-state index >= 15 is 0 Å². The van der Waals surface area contributed by atoms with Gasteiger partial charge in [0, 0.05) is 11.5 Å². The number of fused-ring (bicyclic) bond motifs is 3. The number of halogens is 1. The molecule has 0 bridgehead atoms. The van der Waals surface area contributed by atoms with Crippen LogP contribution < -0.4 is 4.90 Å². The summed E-state index contributed by atoms with van der Waals surface area (Å²) in [4.78, 5) is 1.32. The smallest absolute Gasteiger partial charge is 0.148 e.